The van der Waals surface area contributed by atoms with Crippen LogP contribution in [0.2, 0.25) is 0 Å². The second-order valence-electron chi connectivity index (χ2n) is 5.47. The topological polar surface area (TPSA) is 83.6 Å². The molecule has 17 heavy (non-hydrogen) atoms. The third-order valence-corrected chi connectivity index (χ3v) is 3.65. The molecule has 98 valence electrons. The average Bonchev–Trinajstić information content (AvgIpc) is 3.00. The Morgan fingerprint density at radius 3 is 2.12 bits per heavy atom. The molecule has 1 amide bonds. The van der Waals surface area contributed by atoms with Crippen LogP contribution in [0.15, 0.2) is 0 Å². The van der Waals surface area contributed by atoms with Crippen molar-refractivity contribution in [1.82, 2.24) is 4.90 Å². The van der Waals surface area contributed by atoms with Gasteiger partial charge in [0.25, 0.3) is 0 Å². The van der Waals surface area contributed by atoms with Gasteiger partial charge in [0.15, 0.2) is 0 Å². The molecule has 3 N–H and O–H groups in total. The smallest absolute Gasteiger partial charge is 0.329 e. The van der Waals surface area contributed by atoms with Crippen molar-refractivity contribution in [3.63, 3.8) is 0 Å². The van der Waals surface area contributed by atoms with Crippen LogP contribution in [-0.2, 0) is 9.59 Å². The molecule has 0 bridgehead atoms. The fourth-order valence-electron chi connectivity index (χ4n) is 2.06. The molecule has 0 heterocycles. The van der Waals surface area contributed by atoms with Crippen LogP contribution in [0.5, 0.6) is 0 Å². The number of rotatable bonds is 5. The Bertz CT molecular complexity index is 333. The van der Waals surface area contributed by atoms with Gasteiger partial charge in [0.1, 0.15) is 5.54 Å². The number of hydrogen-bond donors (Lipinski definition) is 2. The number of amides is 1. The van der Waals surface area contributed by atoms with Crippen molar-refractivity contribution in [2.45, 2.75) is 51.6 Å². The summed E-state index contributed by atoms with van der Waals surface area (Å²) < 4.78 is 0. The van der Waals surface area contributed by atoms with E-state index in [1.165, 1.54) is 18.7 Å². The number of nitrogens with zero attached hydrogens (tertiary/aromatic N) is 1. The minimum Gasteiger partial charge on any atom is -0.480 e. The summed E-state index contributed by atoms with van der Waals surface area (Å²) in [4.78, 5) is 24.9. The highest BCUT2D eigenvalue weighted by atomic mass is 16.4. The first kappa shape index (κ1) is 14.0. The van der Waals surface area contributed by atoms with Crippen molar-refractivity contribution in [2.24, 2.45) is 11.7 Å². The number of nitrogens with two attached hydrogens (primary N) is 1. The van der Waals surface area contributed by atoms with Crippen LogP contribution in [0.1, 0.15) is 40.5 Å². The number of aliphatic carboxylic acids is 1. The highest BCUT2D eigenvalue weighted by molar-refractivity contribution is 5.92. The van der Waals surface area contributed by atoms with Crippen LogP contribution in [0.3, 0.4) is 0 Å². The molecule has 1 saturated carbocycles. The Morgan fingerprint density at radius 1 is 1.35 bits per heavy atom. The van der Waals surface area contributed by atoms with Gasteiger partial charge >= 0.3 is 5.97 Å². The zero-order valence-corrected chi connectivity index (χ0v) is 11.0. The lowest BCUT2D eigenvalue weighted by molar-refractivity contribution is -0.159. The standard InChI is InChI=1S/C12H22N2O3/c1-5-14(11(2,3)10(16)17)9(15)12(4,13)8-6-7-8/h8H,5-7,13H2,1-4H3,(H,16,17). The summed E-state index contributed by atoms with van der Waals surface area (Å²) in [5.41, 5.74) is 3.89. The zero-order valence-electron chi connectivity index (χ0n) is 11.0. The van der Waals surface area contributed by atoms with Crippen LogP contribution < -0.4 is 5.73 Å². The summed E-state index contributed by atoms with van der Waals surface area (Å²) in [7, 11) is 0. The van der Waals surface area contributed by atoms with E-state index >= 15 is 0 Å². The molecule has 0 radical (unpaired) electrons. The van der Waals surface area contributed by atoms with Crippen molar-refractivity contribution in [2.75, 3.05) is 6.54 Å². The highest BCUT2D eigenvalue weighted by Gasteiger charge is 2.49. The molecule has 0 aromatic rings. The largest absolute Gasteiger partial charge is 0.480 e. The summed E-state index contributed by atoms with van der Waals surface area (Å²) in [5, 5.41) is 9.18. The SMILES string of the molecule is CCN(C(=O)C(C)(N)C1CC1)C(C)(C)C(=O)O. The number of carbonyl (C=O) groups excluding carboxylic acids is 1. The lowest BCUT2D eigenvalue weighted by Gasteiger charge is -2.39. The number of carbonyl (C=O) groups is 2. The molecule has 1 atom stereocenters. The van der Waals surface area contributed by atoms with E-state index in [4.69, 9.17) is 5.73 Å². The highest BCUT2D eigenvalue weighted by Crippen LogP contribution is 2.39. The molecule has 1 aliphatic rings. The molecule has 0 spiro atoms. The van der Waals surface area contributed by atoms with Crippen LogP contribution in [0, 0.1) is 5.92 Å². The van der Waals surface area contributed by atoms with Crippen molar-refractivity contribution < 1.29 is 14.7 Å². The van der Waals surface area contributed by atoms with Gasteiger partial charge in [-0.3, -0.25) is 4.79 Å². The molecule has 0 saturated heterocycles. The van der Waals surface area contributed by atoms with Gasteiger partial charge in [-0.25, -0.2) is 4.79 Å². The lowest BCUT2D eigenvalue weighted by atomic mass is 9.92. The summed E-state index contributed by atoms with van der Waals surface area (Å²) in [5.74, 6) is -1.09. The number of hydrogen-bond acceptors (Lipinski definition) is 3. The third-order valence-electron chi connectivity index (χ3n) is 3.65. The van der Waals surface area contributed by atoms with Gasteiger partial charge in [-0.1, -0.05) is 0 Å². The van der Waals surface area contributed by atoms with E-state index in [1.807, 2.05) is 0 Å². The summed E-state index contributed by atoms with van der Waals surface area (Å²) >= 11 is 0. The van der Waals surface area contributed by atoms with Crippen molar-refractivity contribution in [1.29, 1.82) is 0 Å². The fraction of sp³-hybridized carbons (Fsp3) is 0.833. The van der Waals surface area contributed by atoms with E-state index in [0.717, 1.165) is 12.8 Å². The molecular weight excluding hydrogens is 220 g/mol. The van der Waals surface area contributed by atoms with Crippen LogP contribution in [0.25, 0.3) is 0 Å². The van der Waals surface area contributed by atoms with Crippen molar-refractivity contribution >= 4 is 11.9 Å². The quantitative estimate of drug-likeness (QED) is 0.747. The minimum absolute atomic E-state index is 0.189. The second kappa shape index (κ2) is 4.29. The minimum atomic E-state index is -1.22. The average molecular weight is 242 g/mol. The monoisotopic (exact) mass is 242 g/mol. The molecule has 1 unspecified atom stereocenters. The molecule has 0 aromatic heterocycles. The Labute approximate surface area is 102 Å². The first-order chi connectivity index (χ1) is 7.65. The Hall–Kier alpha value is -1.10. The number of carboxylic acid groups (broad SMARTS) is 1. The van der Waals surface area contributed by atoms with Gasteiger partial charge < -0.3 is 15.7 Å². The van der Waals surface area contributed by atoms with E-state index in [2.05, 4.69) is 0 Å². The van der Waals surface area contributed by atoms with Gasteiger partial charge in [0.2, 0.25) is 5.91 Å². The zero-order chi connectivity index (χ0) is 13.4. The summed E-state index contributed by atoms with van der Waals surface area (Å²) in [6.07, 6.45) is 1.90. The van der Waals surface area contributed by atoms with Gasteiger partial charge in [-0.2, -0.15) is 0 Å². The molecule has 0 aromatic carbocycles. The molecule has 1 rings (SSSR count). The van der Waals surface area contributed by atoms with E-state index in [9.17, 15) is 14.7 Å². The molecule has 1 aliphatic carbocycles. The maximum Gasteiger partial charge on any atom is 0.329 e. The van der Waals surface area contributed by atoms with E-state index in [1.54, 1.807) is 13.8 Å². The van der Waals surface area contributed by atoms with Gasteiger partial charge in [0, 0.05) is 6.54 Å². The maximum atomic E-state index is 12.4. The Morgan fingerprint density at radius 2 is 1.82 bits per heavy atom. The second-order valence-corrected chi connectivity index (χ2v) is 5.47. The first-order valence-electron chi connectivity index (χ1n) is 6.00. The fourth-order valence-corrected chi connectivity index (χ4v) is 2.06. The molecule has 5 heteroatoms. The van der Waals surface area contributed by atoms with E-state index < -0.39 is 17.0 Å². The lowest BCUT2D eigenvalue weighted by Crippen LogP contribution is -2.62. The Kier molecular flexibility index (Phi) is 3.52. The van der Waals surface area contributed by atoms with Crippen LogP contribution in [-0.4, -0.2) is 39.5 Å². The van der Waals surface area contributed by atoms with Crippen LogP contribution >= 0.6 is 0 Å². The number of likely N-dealkylation sites (N-methyl/N-ethyl adjacent to an activating group) is 1. The molecule has 5 nitrogen and oxygen atoms in total. The van der Waals surface area contributed by atoms with Gasteiger partial charge in [0.05, 0.1) is 5.54 Å². The normalized spacial score (nSPS) is 19.6. The number of carboxylic acids is 1. The van der Waals surface area contributed by atoms with Crippen molar-refractivity contribution in [3.05, 3.63) is 0 Å². The van der Waals surface area contributed by atoms with E-state index in [0.29, 0.717) is 6.54 Å². The summed E-state index contributed by atoms with van der Waals surface area (Å²) in [6, 6.07) is 0. The molecular formula is C12H22N2O3. The predicted molar refractivity (Wildman–Crippen MR) is 64.4 cm³/mol. The molecule has 0 aliphatic heterocycles. The van der Waals surface area contributed by atoms with Gasteiger partial charge in [-0.15, -0.1) is 0 Å². The first-order valence-corrected chi connectivity index (χ1v) is 6.00. The molecule has 1 fully saturated rings. The maximum absolute atomic E-state index is 12.4. The van der Waals surface area contributed by atoms with Gasteiger partial charge in [-0.05, 0) is 46.5 Å². The Balaban J connectivity index is 2.95. The van der Waals surface area contributed by atoms with Crippen LogP contribution in [0.4, 0.5) is 0 Å². The summed E-state index contributed by atoms with van der Waals surface area (Å²) in [6.45, 7) is 6.87. The third kappa shape index (κ3) is 2.44. The van der Waals surface area contributed by atoms with Crippen molar-refractivity contribution in [3.8, 4) is 0 Å². The van der Waals surface area contributed by atoms with E-state index in [-0.39, 0.29) is 11.8 Å². The predicted octanol–water partition coefficient (Wildman–Crippen LogP) is 0.825.